The number of nitrogens with zero attached hydrogens (tertiary/aromatic N) is 1. The fourth-order valence-electron chi connectivity index (χ4n) is 4.46. The molecule has 0 heterocycles. The molecule has 0 fully saturated rings. The highest BCUT2D eigenvalue weighted by Gasteiger charge is 2.21. The number of ether oxygens (including phenoxy) is 1. The first-order valence-corrected chi connectivity index (χ1v) is 12.5. The number of carboxylic acids is 1. The monoisotopic (exact) mass is 550 g/mol. The minimum absolute atomic E-state index is 0.0215. The summed E-state index contributed by atoms with van der Waals surface area (Å²) in [5.74, 6) is -0.258. The Kier molecular flexibility index (Phi) is 7.09. The molecule has 6 N–H and O–H groups in total. The quantitative estimate of drug-likeness (QED) is 0.126. The van der Waals surface area contributed by atoms with E-state index >= 15 is 0 Å². The van der Waals surface area contributed by atoms with Crippen LogP contribution in [0.25, 0.3) is 21.9 Å². The summed E-state index contributed by atoms with van der Waals surface area (Å²) < 4.78 is 6.29. The summed E-state index contributed by atoms with van der Waals surface area (Å²) in [5.41, 5.74) is 13.7. The molecule has 5 rings (SSSR count). The Bertz CT molecular complexity index is 1800. The van der Waals surface area contributed by atoms with Crippen molar-refractivity contribution < 1.29 is 19.4 Å². The fraction of sp³-hybridized carbons (Fsp3) is 0. The second-order valence-electron chi connectivity index (χ2n) is 8.92. The summed E-state index contributed by atoms with van der Waals surface area (Å²) in [7, 11) is 0. The number of halogens is 1. The molecule has 8 nitrogen and oxygen atoms in total. The van der Waals surface area contributed by atoms with Gasteiger partial charge in [0, 0.05) is 16.1 Å². The first-order chi connectivity index (χ1) is 19.2. The molecule has 2 amide bonds. The number of fused-ring (bicyclic) bond motifs is 1. The summed E-state index contributed by atoms with van der Waals surface area (Å²) in [6.45, 7) is 0. The molecule has 198 valence electrons. The number of hydrogen-bond acceptors (Lipinski definition) is 4. The van der Waals surface area contributed by atoms with Crippen molar-refractivity contribution in [3.63, 3.8) is 0 Å². The standard InChI is InChI=1S/C31H23ClN4O4/c32-21-4-3-5-22(16-21)36(31(35)39)23-11-13-28(27(17-23)25-6-1-2-7-26(25)30(37)38)40-24-12-10-18-14-20(29(33)34)9-8-19(18)15-24/h1-17H,(H3,33,34)(H2,35,39)(H,37,38). The number of aromatic carboxylic acids is 1. The maximum atomic E-state index is 12.6. The molecule has 5 aromatic carbocycles. The van der Waals surface area contributed by atoms with E-state index in [1.165, 1.54) is 11.0 Å². The Morgan fingerprint density at radius 1 is 0.775 bits per heavy atom. The summed E-state index contributed by atoms with van der Waals surface area (Å²) in [6, 6.07) is 28.3. The molecular weight excluding hydrogens is 528 g/mol. The maximum Gasteiger partial charge on any atom is 0.336 e. The number of nitrogens with one attached hydrogen (secondary N) is 1. The van der Waals surface area contributed by atoms with Gasteiger partial charge in [-0.1, -0.05) is 54.1 Å². The Balaban J connectivity index is 1.64. The van der Waals surface area contributed by atoms with Crippen LogP contribution >= 0.6 is 11.6 Å². The van der Waals surface area contributed by atoms with Gasteiger partial charge in [0.25, 0.3) is 0 Å². The lowest BCUT2D eigenvalue weighted by molar-refractivity contribution is 0.0697. The van der Waals surface area contributed by atoms with Gasteiger partial charge in [0.15, 0.2) is 0 Å². The lowest BCUT2D eigenvalue weighted by Gasteiger charge is -2.23. The summed E-state index contributed by atoms with van der Waals surface area (Å²) in [6.07, 6.45) is 0. The number of urea groups is 1. The number of carbonyl (C=O) groups excluding carboxylic acids is 1. The van der Waals surface area contributed by atoms with Crippen molar-refractivity contribution in [1.82, 2.24) is 0 Å². The number of benzene rings is 5. The van der Waals surface area contributed by atoms with Crippen LogP contribution < -0.4 is 21.1 Å². The minimum Gasteiger partial charge on any atom is -0.478 e. The van der Waals surface area contributed by atoms with Crippen LogP contribution in [0.2, 0.25) is 5.02 Å². The molecule has 0 radical (unpaired) electrons. The van der Waals surface area contributed by atoms with E-state index in [9.17, 15) is 14.7 Å². The molecule has 5 aromatic rings. The predicted octanol–water partition coefficient (Wildman–Crippen LogP) is 7.15. The number of amides is 2. The van der Waals surface area contributed by atoms with E-state index in [1.54, 1.807) is 72.8 Å². The number of anilines is 2. The van der Waals surface area contributed by atoms with E-state index in [0.29, 0.717) is 44.6 Å². The highest BCUT2D eigenvalue weighted by atomic mass is 35.5. The third-order valence-corrected chi connectivity index (χ3v) is 6.54. The van der Waals surface area contributed by atoms with Crippen LogP contribution in [-0.4, -0.2) is 22.9 Å². The van der Waals surface area contributed by atoms with Crippen LogP contribution in [0.1, 0.15) is 15.9 Å². The predicted molar refractivity (Wildman–Crippen MR) is 157 cm³/mol. The number of carboxylic acid groups (broad SMARTS) is 1. The first-order valence-electron chi connectivity index (χ1n) is 12.1. The number of carbonyl (C=O) groups is 2. The zero-order chi connectivity index (χ0) is 28.4. The van der Waals surface area contributed by atoms with Crippen LogP contribution in [0.15, 0.2) is 103 Å². The van der Waals surface area contributed by atoms with Crippen LogP contribution in [0.3, 0.4) is 0 Å². The van der Waals surface area contributed by atoms with Gasteiger partial charge in [0.05, 0.1) is 16.9 Å². The molecule has 0 bridgehead atoms. The van der Waals surface area contributed by atoms with Crippen molar-refractivity contribution in [1.29, 1.82) is 5.41 Å². The maximum absolute atomic E-state index is 12.6. The van der Waals surface area contributed by atoms with Crippen molar-refractivity contribution in [3.05, 3.63) is 119 Å². The SMILES string of the molecule is N=C(N)c1ccc2cc(Oc3ccc(N(C(N)=O)c4cccc(Cl)c4)cc3-c3ccccc3C(=O)O)ccc2c1. The Morgan fingerprint density at radius 2 is 1.50 bits per heavy atom. The number of rotatable bonds is 7. The summed E-state index contributed by atoms with van der Waals surface area (Å²) in [5, 5.41) is 19.7. The van der Waals surface area contributed by atoms with Crippen molar-refractivity contribution >= 4 is 51.6 Å². The number of amidine groups is 1. The largest absolute Gasteiger partial charge is 0.478 e. The number of hydrogen-bond donors (Lipinski definition) is 4. The van der Waals surface area contributed by atoms with Crippen molar-refractivity contribution in [2.75, 3.05) is 4.90 Å². The molecular formula is C31H23ClN4O4. The van der Waals surface area contributed by atoms with E-state index in [2.05, 4.69) is 0 Å². The van der Waals surface area contributed by atoms with Gasteiger partial charge in [0.1, 0.15) is 17.3 Å². The Labute approximate surface area is 234 Å². The van der Waals surface area contributed by atoms with Gasteiger partial charge >= 0.3 is 12.0 Å². The average molecular weight is 551 g/mol. The molecule has 0 aliphatic heterocycles. The van der Waals surface area contributed by atoms with Gasteiger partial charge < -0.3 is 21.3 Å². The van der Waals surface area contributed by atoms with E-state index in [1.807, 2.05) is 24.3 Å². The van der Waals surface area contributed by atoms with Gasteiger partial charge in [-0.05, 0) is 77.0 Å². The first kappa shape index (κ1) is 26.3. The lowest BCUT2D eigenvalue weighted by Crippen LogP contribution is -2.31. The van der Waals surface area contributed by atoms with E-state index < -0.39 is 12.0 Å². The number of primary amides is 1. The molecule has 9 heteroatoms. The molecule has 0 saturated heterocycles. The van der Waals surface area contributed by atoms with Crippen LogP contribution in [0.4, 0.5) is 16.2 Å². The topological polar surface area (TPSA) is 143 Å². The molecule has 0 aliphatic carbocycles. The van der Waals surface area contributed by atoms with Gasteiger partial charge in [-0.3, -0.25) is 10.3 Å². The van der Waals surface area contributed by atoms with Crippen molar-refractivity contribution in [3.8, 4) is 22.6 Å². The molecule has 40 heavy (non-hydrogen) atoms. The van der Waals surface area contributed by atoms with Gasteiger partial charge in [-0.2, -0.15) is 0 Å². The highest BCUT2D eigenvalue weighted by molar-refractivity contribution is 6.31. The number of nitrogen functional groups attached to an aromatic ring is 1. The van der Waals surface area contributed by atoms with Crippen molar-refractivity contribution in [2.24, 2.45) is 11.5 Å². The molecule has 0 aliphatic rings. The Hall–Kier alpha value is -5.34. The van der Waals surface area contributed by atoms with Gasteiger partial charge in [0.2, 0.25) is 0 Å². The molecule has 0 unspecified atom stereocenters. The third kappa shape index (κ3) is 5.29. The van der Waals surface area contributed by atoms with Crippen LogP contribution in [0, 0.1) is 5.41 Å². The molecule has 0 atom stereocenters. The molecule has 0 aromatic heterocycles. The van der Waals surface area contributed by atoms with Gasteiger partial charge in [-0.15, -0.1) is 0 Å². The van der Waals surface area contributed by atoms with Gasteiger partial charge in [-0.25, -0.2) is 9.59 Å². The summed E-state index contributed by atoms with van der Waals surface area (Å²) in [4.78, 5) is 26.0. The van der Waals surface area contributed by atoms with E-state index in [-0.39, 0.29) is 11.4 Å². The van der Waals surface area contributed by atoms with Crippen LogP contribution in [0.5, 0.6) is 11.5 Å². The molecule has 0 spiro atoms. The second kappa shape index (κ2) is 10.8. The zero-order valence-corrected chi connectivity index (χ0v) is 21.7. The van der Waals surface area contributed by atoms with E-state index in [4.69, 9.17) is 33.2 Å². The minimum atomic E-state index is -1.11. The average Bonchev–Trinajstić information content (AvgIpc) is 2.93. The van der Waals surface area contributed by atoms with Crippen molar-refractivity contribution in [2.45, 2.75) is 0 Å². The third-order valence-electron chi connectivity index (χ3n) is 6.31. The number of nitrogens with two attached hydrogens (primary N) is 2. The van der Waals surface area contributed by atoms with Crippen LogP contribution in [-0.2, 0) is 0 Å². The smallest absolute Gasteiger partial charge is 0.336 e. The fourth-order valence-corrected chi connectivity index (χ4v) is 4.65. The molecule has 0 saturated carbocycles. The summed E-state index contributed by atoms with van der Waals surface area (Å²) >= 11 is 6.16. The lowest BCUT2D eigenvalue weighted by atomic mass is 9.98. The zero-order valence-electron chi connectivity index (χ0n) is 21.0. The van der Waals surface area contributed by atoms with E-state index in [0.717, 1.165) is 10.8 Å². The second-order valence-corrected chi connectivity index (χ2v) is 9.36. The highest BCUT2D eigenvalue weighted by Crippen LogP contribution is 2.40. The Morgan fingerprint density at radius 3 is 2.23 bits per heavy atom. The normalized spacial score (nSPS) is 10.7.